The van der Waals surface area contributed by atoms with Crippen LogP contribution in [0.3, 0.4) is 0 Å². The van der Waals surface area contributed by atoms with Crippen molar-refractivity contribution in [2.24, 2.45) is 0 Å². The minimum Gasteiger partial charge on any atom is -0.241 e. The van der Waals surface area contributed by atoms with Crippen molar-refractivity contribution in [3.8, 4) is 11.2 Å². The van der Waals surface area contributed by atoms with Crippen LogP contribution < -0.4 is 0 Å². The highest BCUT2D eigenvalue weighted by Gasteiger charge is 2.65. The van der Waals surface area contributed by atoms with Gasteiger partial charge in [0.1, 0.15) is 5.82 Å². The molecule has 0 radical (unpaired) electrons. The molecule has 112 valence electrons. The van der Waals surface area contributed by atoms with E-state index in [1.54, 1.807) is 5.92 Å². The molecule has 0 fully saturated rings. The first-order valence-corrected chi connectivity index (χ1v) is 8.25. The van der Waals surface area contributed by atoms with Gasteiger partial charge in [-0.1, -0.05) is 6.07 Å². The second-order valence-electron chi connectivity index (χ2n) is 4.12. The Morgan fingerprint density at radius 2 is 1.76 bits per heavy atom. The number of nitrogens with zero attached hydrogens (tertiary/aromatic N) is 1. The van der Waals surface area contributed by atoms with Crippen molar-refractivity contribution >= 4 is 25.8 Å². The zero-order valence-electron chi connectivity index (χ0n) is 10.2. The SMILES string of the molecule is Fc1cccc(C#CS(F)(F)(F)(F)c2ccc(Br)cn2)c1. The topological polar surface area (TPSA) is 12.9 Å². The van der Waals surface area contributed by atoms with E-state index in [-0.39, 0.29) is 10.0 Å². The van der Waals surface area contributed by atoms with E-state index in [1.807, 2.05) is 0 Å². The van der Waals surface area contributed by atoms with E-state index in [4.69, 9.17) is 0 Å². The molecule has 1 aromatic carbocycles. The molecule has 2 aromatic rings. The van der Waals surface area contributed by atoms with Gasteiger partial charge >= 0.3 is 0 Å². The largest absolute Gasteiger partial charge is 0.255 e. The highest BCUT2D eigenvalue weighted by molar-refractivity contribution is 9.10. The fourth-order valence-corrected chi connectivity index (χ4v) is 2.65. The minimum absolute atomic E-state index is 0.275. The van der Waals surface area contributed by atoms with Crippen LogP contribution in [0.25, 0.3) is 0 Å². The summed E-state index contributed by atoms with van der Waals surface area (Å²) in [5.74, 6) is 0.873. The van der Waals surface area contributed by atoms with Crippen LogP contribution >= 0.6 is 25.8 Å². The average Bonchev–Trinajstić information content (AvgIpc) is 2.36. The summed E-state index contributed by atoms with van der Waals surface area (Å²) in [6.07, 6.45) is 0.831. The van der Waals surface area contributed by atoms with Gasteiger partial charge in [-0.15, -0.1) is 15.5 Å². The van der Waals surface area contributed by atoms with E-state index < -0.39 is 20.7 Å². The Labute approximate surface area is 125 Å². The Hall–Kier alpha value is -1.59. The van der Waals surface area contributed by atoms with Crippen LogP contribution in [0.5, 0.6) is 0 Å². The number of halogens is 6. The summed E-state index contributed by atoms with van der Waals surface area (Å²) < 4.78 is 68.7. The van der Waals surface area contributed by atoms with E-state index in [2.05, 4.69) is 20.9 Å². The van der Waals surface area contributed by atoms with Crippen molar-refractivity contribution in [3.05, 3.63) is 58.4 Å². The van der Waals surface area contributed by atoms with Crippen molar-refractivity contribution in [1.82, 2.24) is 4.98 Å². The normalized spacial score (nSPS) is 14.6. The maximum Gasteiger partial charge on any atom is 0.255 e. The van der Waals surface area contributed by atoms with Gasteiger partial charge in [0, 0.05) is 21.5 Å². The smallest absolute Gasteiger partial charge is 0.241 e. The van der Waals surface area contributed by atoms with Gasteiger partial charge in [-0.3, -0.25) is 0 Å². The number of rotatable bonds is 1. The lowest BCUT2D eigenvalue weighted by atomic mass is 10.2. The average molecular weight is 384 g/mol. The molecule has 1 nitrogen and oxygen atoms in total. The third-order valence-corrected chi connectivity index (χ3v) is 4.41. The van der Waals surface area contributed by atoms with Gasteiger partial charge in [0.15, 0.2) is 5.03 Å². The van der Waals surface area contributed by atoms with Crippen LogP contribution in [-0.2, 0) is 0 Å². The Morgan fingerprint density at radius 1 is 1.05 bits per heavy atom. The number of hydrogen-bond acceptors (Lipinski definition) is 1. The Kier molecular flexibility index (Phi) is 3.35. The number of aromatic nitrogens is 1. The van der Waals surface area contributed by atoms with Gasteiger partial charge in [0.25, 0.3) is 9.84 Å². The standard InChI is InChI=1S/C13H7BrF5NS/c14-11-4-5-13(20-9-11)21(16,17,18,19)7-6-10-2-1-3-12(15)8-10/h1-5,8-9H. The lowest BCUT2D eigenvalue weighted by Crippen LogP contribution is -2.12. The van der Waals surface area contributed by atoms with Crippen LogP contribution in [-0.4, -0.2) is 4.98 Å². The molecule has 1 heterocycles. The summed E-state index contributed by atoms with van der Waals surface area (Å²) >= 11 is 2.91. The molecule has 0 aliphatic rings. The quantitative estimate of drug-likeness (QED) is 0.450. The summed E-state index contributed by atoms with van der Waals surface area (Å²) in [6, 6.07) is 5.70. The van der Waals surface area contributed by atoms with Crippen LogP contribution in [0.2, 0.25) is 0 Å². The molecular weight excluding hydrogens is 377 g/mol. The summed E-state index contributed by atoms with van der Waals surface area (Å²) in [7, 11) is -8.84. The van der Waals surface area contributed by atoms with Gasteiger partial charge in [0.2, 0.25) is 0 Å². The zero-order valence-corrected chi connectivity index (χ0v) is 12.6. The summed E-state index contributed by atoms with van der Waals surface area (Å²) in [5.41, 5.74) is -0.275. The molecule has 0 aliphatic heterocycles. The van der Waals surface area contributed by atoms with Gasteiger partial charge in [0.05, 0.1) is 0 Å². The van der Waals surface area contributed by atoms with Crippen LogP contribution in [0.1, 0.15) is 5.56 Å². The Balaban J connectivity index is 2.55. The molecular formula is C13H7BrF5NS. The molecule has 0 N–H and O–H groups in total. The van der Waals surface area contributed by atoms with Crippen LogP contribution in [0.15, 0.2) is 52.1 Å². The predicted octanol–water partition coefficient (Wildman–Crippen LogP) is 5.77. The molecule has 0 saturated carbocycles. The number of pyridine rings is 1. The molecule has 1 aromatic heterocycles. The molecule has 0 bridgehead atoms. The van der Waals surface area contributed by atoms with Crippen LogP contribution in [0, 0.1) is 17.0 Å². The molecule has 0 unspecified atom stereocenters. The van der Waals surface area contributed by atoms with E-state index in [9.17, 15) is 19.9 Å². The number of hydrogen-bond donors (Lipinski definition) is 0. The molecule has 0 spiro atoms. The van der Waals surface area contributed by atoms with Gasteiger partial charge in [-0.05, 0) is 52.2 Å². The molecule has 0 amide bonds. The second kappa shape index (κ2) is 4.45. The molecule has 0 saturated heterocycles. The van der Waals surface area contributed by atoms with Crippen molar-refractivity contribution < 1.29 is 19.9 Å². The van der Waals surface area contributed by atoms with Crippen molar-refractivity contribution in [1.29, 1.82) is 0 Å². The highest BCUT2D eigenvalue weighted by Crippen LogP contribution is 2.99. The fourth-order valence-electron chi connectivity index (χ4n) is 1.39. The first kappa shape index (κ1) is 15.8. The lowest BCUT2D eigenvalue weighted by Gasteiger charge is -2.43. The molecule has 0 atom stereocenters. The van der Waals surface area contributed by atoms with Crippen molar-refractivity contribution in [2.45, 2.75) is 5.03 Å². The Bertz CT molecular complexity index is 758. The molecule has 8 heteroatoms. The van der Waals surface area contributed by atoms with E-state index in [0.717, 1.165) is 35.7 Å². The molecule has 0 aliphatic carbocycles. The van der Waals surface area contributed by atoms with E-state index >= 15 is 0 Å². The Morgan fingerprint density at radius 3 is 2.33 bits per heavy atom. The minimum atomic E-state index is -8.84. The van der Waals surface area contributed by atoms with Crippen molar-refractivity contribution in [2.75, 3.05) is 0 Å². The summed E-state index contributed by atoms with van der Waals surface area (Å²) in [5, 5.41) is -0.945. The number of benzene rings is 1. The zero-order chi connectivity index (χ0) is 15.8. The summed E-state index contributed by atoms with van der Waals surface area (Å²) in [6.45, 7) is 0. The van der Waals surface area contributed by atoms with Crippen molar-refractivity contribution in [3.63, 3.8) is 0 Å². The molecule has 21 heavy (non-hydrogen) atoms. The predicted molar refractivity (Wildman–Crippen MR) is 75.5 cm³/mol. The van der Waals surface area contributed by atoms with E-state index in [1.165, 1.54) is 6.07 Å². The van der Waals surface area contributed by atoms with Gasteiger partial charge in [-0.2, -0.15) is 0 Å². The van der Waals surface area contributed by atoms with Crippen LogP contribution in [0.4, 0.5) is 19.9 Å². The fraction of sp³-hybridized carbons (Fsp3) is 0. The third-order valence-electron chi connectivity index (χ3n) is 2.35. The van der Waals surface area contributed by atoms with Gasteiger partial charge in [-0.25, -0.2) is 9.37 Å². The highest BCUT2D eigenvalue weighted by atomic mass is 79.9. The lowest BCUT2D eigenvalue weighted by molar-refractivity contribution is 0.462. The molecule has 2 rings (SSSR count). The van der Waals surface area contributed by atoms with Gasteiger partial charge < -0.3 is 0 Å². The van der Waals surface area contributed by atoms with E-state index in [0.29, 0.717) is 6.07 Å². The monoisotopic (exact) mass is 383 g/mol. The summed E-state index contributed by atoms with van der Waals surface area (Å²) in [4.78, 5) is 3.05. The first-order chi connectivity index (χ1) is 9.49. The maximum absolute atomic E-state index is 13.9. The third kappa shape index (κ3) is 3.74. The second-order valence-corrected chi connectivity index (χ2v) is 7.80. The first-order valence-electron chi connectivity index (χ1n) is 5.41. The maximum atomic E-state index is 13.9.